The molecule has 0 spiro atoms. The number of hydrogen-bond acceptors (Lipinski definition) is 3. The number of aryl methyl sites for hydroxylation is 1. The number of carbonyl (C=O) groups is 2. The highest BCUT2D eigenvalue weighted by molar-refractivity contribution is 5.96. The molecule has 2 fully saturated rings. The molecule has 1 amide bonds. The molecule has 1 aromatic rings. The van der Waals surface area contributed by atoms with Gasteiger partial charge in [0.15, 0.2) is 0 Å². The summed E-state index contributed by atoms with van der Waals surface area (Å²) in [5.74, 6) is -3.42. The van der Waals surface area contributed by atoms with E-state index in [1.165, 1.54) is 12.1 Å². The van der Waals surface area contributed by atoms with Gasteiger partial charge < -0.3 is 15.2 Å². The van der Waals surface area contributed by atoms with Crippen molar-refractivity contribution in [2.24, 2.45) is 11.8 Å². The lowest BCUT2D eigenvalue weighted by molar-refractivity contribution is -0.147. The van der Waals surface area contributed by atoms with E-state index in [0.29, 0.717) is 18.5 Å². The number of anilines is 1. The minimum Gasteiger partial charge on any atom is -0.481 e. The topological polar surface area (TPSA) is 75.6 Å². The molecule has 2 saturated heterocycles. The lowest BCUT2D eigenvalue weighted by Gasteiger charge is -2.24. The lowest BCUT2D eigenvalue weighted by atomic mass is 9.78. The third-order valence-electron chi connectivity index (χ3n) is 4.32. The van der Waals surface area contributed by atoms with E-state index in [4.69, 9.17) is 4.74 Å². The van der Waals surface area contributed by atoms with Crippen LogP contribution in [0, 0.1) is 24.6 Å². The van der Waals surface area contributed by atoms with Gasteiger partial charge in [-0.25, -0.2) is 4.39 Å². The van der Waals surface area contributed by atoms with E-state index in [1.807, 2.05) is 0 Å². The maximum Gasteiger partial charge on any atom is 0.310 e. The van der Waals surface area contributed by atoms with Crippen molar-refractivity contribution in [2.75, 3.05) is 5.32 Å². The highest BCUT2D eigenvalue weighted by Gasteiger charge is 2.55. The van der Waals surface area contributed by atoms with Crippen LogP contribution in [0.3, 0.4) is 0 Å². The van der Waals surface area contributed by atoms with Crippen LogP contribution < -0.4 is 5.32 Å². The van der Waals surface area contributed by atoms with Gasteiger partial charge in [0.2, 0.25) is 5.91 Å². The second-order valence-corrected chi connectivity index (χ2v) is 5.63. The summed E-state index contributed by atoms with van der Waals surface area (Å²) >= 11 is 0. The number of amides is 1. The highest BCUT2D eigenvalue weighted by atomic mass is 19.1. The van der Waals surface area contributed by atoms with Gasteiger partial charge in [-0.05, 0) is 37.5 Å². The molecule has 112 valence electrons. The van der Waals surface area contributed by atoms with E-state index in [1.54, 1.807) is 13.0 Å². The fraction of sp³-hybridized carbons (Fsp3) is 0.467. The molecule has 1 aromatic carbocycles. The zero-order valence-electron chi connectivity index (χ0n) is 11.5. The minimum atomic E-state index is -1.02. The van der Waals surface area contributed by atoms with Gasteiger partial charge in [0.25, 0.3) is 0 Å². The smallest absolute Gasteiger partial charge is 0.310 e. The molecule has 2 aliphatic heterocycles. The fourth-order valence-electron chi connectivity index (χ4n) is 3.27. The Morgan fingerprint density at radius 1 is 1.29 bits per heavy atom. The van der Waals surface area contributed by atoms with Gasteiger partial charge in [-0.2, -0.15) is 0 Å². The quantitative estimate of drug-likeness (QED) is 0.893. The summed E-state index contributed by atoms with van der Waals surface area (Å²) in [6.45, 7) is 1.75. The van der Waals surface area contributed by atoms with E-state index in [2.05, 4.69) is 5.32 Å². The van der Waals surface area contributed by atoms with Crippen LogP contribution >= 0.6 is 0 Å². The Hall–Kier alpha value is -1.95. The predicted molar refractivity (Wildman–Crippen MR) is 72.3 cm³/mol. The Labute approximate surface area is 121 Å². The molecule has 0 aromatic heterocycles. The average Bonchev–Trinajstić information content (AvgIpc) is 3.03. The number of halogens is 1. The molecule has 0 unspecified atom stereocenters. The summed E-state index contributed by atoms with van der Waals surface area (Å²) in [4.78, 5) is 23.8. The zero-order valence-corrected chi connectivity index (χ0v) is 11.5. The summed E-state index contributed by atoms with van der Waals surface area (Å²) in [5, 5.41) is 11.9. The van der Waals surface area contributed by atoms with Crippen LogP contribution in [0.1, 0.15) is 18.4 Å². The number of ether oxygens (including phenoxy) is 1. The Morgan fingerprint density at radius 3 is 2.62 bits per heavy atom. The van der Waals surface area contributed by atoms with Gasteiger partial charge >= 0.3 is 5.97 Å². The molecule has 3 rings (SSSR count). The predicted octanol–water partition coefficient (Wildman–Crippen LogP) is 1.95. The van der Waals surface area contributed by atoms with Crippen molar-refractivity contribution in [1.82, 2.24) is 0 Å². The fourth-order valence-corrected chi connectivity index (χ4v) is 3.27. The highest BCUT2D eigenvalue weighted by Crippen LogP contribution is 2.44. The van der Waals surface area contributed by atoms with Crippen molar-refractivity contribution in [3.8, 4) is 0 Å². The van der Waals surface area contributed by atoms with Gasteiger partial charge in [0.05, 0.1) is 24.0 Å². The number of benzene rings is 1. The summed E-state index contributed by atoms with van der Waals surface area (Å²) in [7, 11) is 0. The number of aliphatic carboxylic acids is 1. The third kappa shape index (κ3) is 2.40. The van der Waals surface area contributed by atoms with E-state index < -0.39 is 35.6 Å². The molecule has 6 heteroatoms. The van der Waals surface area contributed by atoms with Crippen molar-refractivity contribution >= 4 is 17.6 Å². The number of hydrogen-bond donors (Lipinski definition) is 2. The van der Waals surface area contributed by atoms with Crippen LogP contribution in [0.25, 0.3) is 0 Å². The van der Waals surface area contributed by atoms with Crippen LogP contribution in [-0.2, 0) is 14.3 Å². The number of carboxylic acids is 1. The van der Waals surface area contributed by atoms with Gasteiger partial charge in [0, 0.05) is 5.69 Å². The molecule has 5 nitrogen and oxygen atoms in total. The van der Waals surface area contributed by atoms with Gasteiger partial charge in [0.1, 0.15) is 5.82 Å². The Morgan fingerprint density at radius 2 is 1.95 bits per heavy atom. The maximum absolute atomic E-state index is 13.3. The summed E-state index contributed by atoms with van der Waals surface area (Å²) in [5.41, 5.74) is 1.09. The molecule has 2 N–H and O–H groups in total. The number of rotatable bonds is 3. The van der Waals surface area contributed by atoms with E-state index in [9.17, 15) is 19.1 Å². The second kappa shape index (κ2) is 5.11. The van der Waals surface area contributed by atoms with Crippen LogP contribution in [0.15, 0.2) is 18.2 Å². The molecule has 0 saturated carbocycles. The monoisotopic (exact) mass is 293 g/mol. The lowest BCUT2D eigenvalue weighted by Crippen LogP contribution is -2.41. The number of carboxylic acid groups (broad SMARTS) is 1. The Kier molecular flexibility index (Phi) is 3.41. The SMILES string of the molecule is Cc1ccc(F)cc1NC(=O)[C@H]1[C@H](C(=O)O)[C@H]2CC[C@H]1O2. The van der Waals surface area contributed by atoms with Crippen LogP contribution in [-0.4, -0.2) is 29.2 Å². The second-order valence-electron chi connectivity index (χ2n) is 5.63. The van der Waals surface area contributed by atoms with Crippen molar-refractivity contribution < 1.29 is 23.8 Å². The molecule has 0 radical (unpaired) electrons. The summed E-state index contributed by atoms with van der Waals surface area (Å²) in [6.07, 6.45) is 0.612. The normalized spacial score (nSPS) is 30.4. The van der Waals surface area contributed by atoms with E-state index in [0.717, 1.165) is 5.56 Å². The van der Waals surface area contributed by atoms with Crippen LogP contribution in [0.4, 0.5) is 10.1 Å². The summed E-state index contributed by atoms with van der Waals surface area (Å²) < 4.78 is 18.8. The summed E-state index contributed by atoms with van der Waals surface area (Å²) in [6, 6.07) is 4.11. The van der Waals surface area contributed by atoms with Crippen LogP contribution in [0.2, 0.25) is 0 Å². The minimum absolute atomic E-state index is 0.357. The molecular weight excluding hydrogens is 277 g/mol. The van der Waals surface area contributed by atoms with Crippen molar-refractivity contribution in [3.63, 3.8) is 0 Å². The molecule has 2 bridgehead atoms. The Balaban J connectivity index is 1.81. The van der Waals surface area contributed by atoms with E-state index >= 15 is 0 Å². The Bertz CT molecular complexity index is 603. The van der Waals surface area contributed by atoms with Crippen molar-refractivity contribution in [2.45, 2.75) is 32.0 Å². The van der Waals surface area contributed by atoms with Gasteiger partial charge in [-0.3, -0.25) is 9.59 Å². The average molecular weight is 293 g/mol. The standard InChI is InChI=1S/C15H16FNO4/c1-7-2-3-8(16)6-9(7)17-14(18)12-10-4-5-11(21-10)13(12)15(19)20/h2-3,6,10-13H,4-5H2,1H3,(H,17,18)(H,19,20)/t10-,11-,12-,13-/m1/s1. The molecule has 21 heavy (non-hydrogen) atoms. The number of carbonyl (C=O) groups excluding carboxylic acids is 1. The maximum atomic E-state index is 13.3. The number of fused-ring (bicyclic) bond motifs is 2. The first-order chi connectivity index (χ1) is 9.97. The molecule has 2 aliphatic rings. The number of nitrogens with one attached hydrogen (secondary N) is 1. The third-order valence-corrected chi connectivity index (χ3v) is 4.32. The van der Waals surface area contributed by atoms with Crippen LogP contribution in [0.5, 0.6) is 0 Å². The molecule has 4 atom stereocenters. The largest absolute Gasteiger partial charge is 0.481 e. The molecule has 0 aliphatic carbocycles. The molecular formula is C15H16FNO4. The first kappa shape index (κ1) is 14.0. The first-order valence-corrected chi connectivity index (χ1v) is 6.92. The van der Waals surface area contributed by atoms with Gasteiger partial charge in [-0.1, -0.05) is 6.07 Å². The zero-order chi connectivity index (χ0) is 15.1. The molecule has 2 heterocycles. The van der Waals surface area contributed by atoms with Crippen molar-refractivity contribution in [1.29, 1.82) is 0 Å². The van der Waals surface area contributed by atoms with Crippen molar-refractivity contribution in [3.05, 3.63) is 29.6 Å². The first-order valence-electron chi connectivity index (χ1n) is 6.92. The van der Waals surface area contributed by atoms with Gasteiger partial charge in [-0.15, -0.1) is 0 Å². The van der Waals surface area contributed by atoms with E-state index in [-0.39, 0.29) is 6.10 Å².